The average Bonchev–Trinajstić information content (AvgIpc) is 3.12. The Morgan fingerprint density at radius 1 is 1.04 bits per heavy atom. The predicted molar refractivity (Wildman–Crippen MR) is 95.2 cm³/mol. The molecule has 0 spiro atoms. The van der Waals surface area contributed by atoms with Crippen molar-refractivity contribution in [2.45, 2.75) is 6.54 Å². The minimum Gasteiger partial charge on any atom is -0.481 e. The van der Waals surface area contributed by atoms with Gasteiger partial charge < -0.3 is 15.0 Å². The number of benzene rings is 1. The molecule has 25 heavy (non-hydrogen) atoms. The number of ether oxygens (including phenoxy) is 1. The van der Waals surface area contributed by atoms with Crippen LogP contribution in [0, 0.1) is 0 Å². The molecule has 7 heteroatoms. The third-order valence-electron chi connectivity index (χ3n) is 3.81. The number of H-pyrrole nitrogens is 1. The molecule has 0 unspecified atom stereocenters. The summed E-state index contributed by atoms with van der Waals surface area (Å²) < 4.78 is 5.08. The number of hydrogen-bond acceptors (Lipinski definition) is 6. The standard InChI is InChI=1S/C18H16N6O/c1-25-14-8-7-13(10-19-14)16-23-15-17(21-11-22-18(15)24-16)20-9-12-5-3-2-4-6-12/h2-8,10-11H,9H2,1H3,(H2,20,21,22,23,24). The maximum atomic E-state index is 5.08. The molecule has 3 heterocycles. The van der Waals surface area contributed by atoms with Crippen LogP contribution in [0.4, 0.5) is 5.82 Å². The highest BCUT2D eigenvalue weighted by Gasteiger charge is 2.11. The van der Waals surface area contributed by atoms with Gasteiger partial charge in [-0.1, -0.05) is 30.3 Å². The summed E-state index contributed by atoms with van der Waals surface area (Å²) in [4.78, 5) is 20.6. The first-order chi connectivity index (χ1) is 12.3. The van der Waals surface area contributed by atoms with Gasteiger partial charge >= 0.3 is 0 Å². The van der Waals surface area contributed by atoms with E-state index in [4.69, 9.17) is 4.74 Å². The molecule has 0 aliphatic carbocycles. The quantitative estimate of drug-likeness (QED) is 0.584. The van der Waals surface area contributed by atoms with Crippen LogP contribution in [-0.4, -0.2) is 32.0 Å². The summed E-state index contributed by atoms with van der Waals surface area (Å²) >= 11 is 0. The molecule has 3 aromatic heterocycles. The summed E-state index contributed by atoms with van der Waals surface area (Å²) in [5.41, 5.74) is 3.40. The molecule has 4 aromatic rings. The Labute approximate surface area is 144 Å². The van der Waals surface area contributed by atoms with Gasteiger partial charge in [-0.25, -0.2) is 19.9 Å². The van der Waals surface area contributed by atoms with E-state index in [1.807, 2.05) is 24.3 Å². The van der Waals surface area contributed by atoms with Crippen LogP contribution in [0.5, 0.6) is 5.88 Å². The van der Waals surface area contributed by atoms with Gasteiger partial charge in [0.2, 0.25) is 5.88 Å². The number of imidazole rings is 1. The van der Waals surface area contributed by atoms with Gasteiger partial charge in [-0.2, -0.15) is 0 Å². The van der Waals surface area contributed by atoms with Gasteiger partial charge in [0.15, 0.2) is 11.5 Å². The molecule has 0 atom stereocenters. The summed E-state index contributed by atoms with van der Waals surface area (Å²) in [5, 5.41) is 3.33. The summed E-state index contributed by atoms with van der Waals surface area (Å²) in [6.45, 7) is 0.672. The average molecular weight is 332 g/mol. The molecule has 0 aliphatic rings. The minimum absolute atomic E-state index is 0.560. The molecule has 7 nitrogen and oxygen atoms in total. The molecule has 0 saturated carbocycles. The molecule has 0 fully saturated rings. The van der Waals surface area contributed by atoms with Crippen LogP contribution >= 0.6 is 0 Å². The molecule has 0 radical (unpaired) electrons. The molecule has 0 aliphatic heterocycles. The lowest BCUT2D eigenvalue weighted by Crippen LogP contribution is -2.02. The number of fused-ring (bicyclic) bond motifs is 1. The number of rotatable bonds is 5. The van der Waals surface area contributed by atoms with E-state index in [0.717, 1.165) is 11.1 Å². The Balaban J connectivity index is 1.63. The summed E-state index contributed by atoms with van der Waals surface area (Å²) in [6.07, 6.45) is 3.22. The normalized spacial score (nSPS) is 10.8. The third kappa shape index (κ3) is 3.12. The molecule has 0 saturated heterocycles. The summed E-state index contributed by atoms with van der Waals surface area (Å²) in [6, 6.07) is 13.8. The van der Waals surface area contributed by atoms with Crippen LogP contribution in [-0.2, 0) is 6.54 Å². The molecule has 0 bridgehead atoms. The second-order valence-corrected chi connectivity index (χ2v) is 5.43. The molecular weight excluding hydrogens is 316 g/mol. The second-order valence-electron chi connectivity index (χ2n) is 5.43. The minimum atomic E-state index is 0.560. The van der Waals surface area contributed by atoms with E-state index in [1.165, 1.54) is 11.9 Å². The number of methoxy groups -OCH3 is 1. The van der Waals surface area contributed by atoms with Crippen LogP contribution in [0.25, 0.3) is 22.6 Å². The van der Waals surface area contributed by atoms with Crippen molar-refractivity contribution in [2.75, 3.05) is 12.4 Å². The van der Waals surface area contributed by atoms with Gasteiger partial charge in [0, 0.05) is 24.4 Å². The fourth-order valence-corrected chi connectivity index (χ4v) is 2.52. The van der Waals surface area contributed by atoms with E-state index in [1.54, 1.807) is 19.4 Å². The summed E-state index contributed by atoms with van der Waals surface area (Å²) in [7, 11) is 1.59. The van der Waals surface area contributed by atoms with Crippen molar-refractivity contribution in [1.29, 1.82) is 0 Å². The monoisotopic (exact) mass is 332 g/mol. The highest BCUT2D eigenvalue weighted by molar-refractivity contribution is 5.85. The Morgan fingerprint density at radius 2 is 1.92 bits per heavy atom. The fourth-order valence-electron chi connectivity index (χ4n) is 2.52. The van der Waals surface area contributed by atoms with E-state index in [9.17, 15) is 0 Å². The first-order valence-electron chi connectivity index (χ1n) is 7.82. The van der Waals surface area contributed by atoms with Gasteiger partial charge in [0.1, 0.15) is 17.7 Å². The molecule has 1 aromatic carbocycles. The molecule has 4 rings (SSSR count). The maximum Gasteiger partial charge on any atom is 0.212 e. The molecule has 2 N–H and O–H groups in total. The van der Waals surface area contributed by atoms with Crippen LogP contribution in [0.2, 0.25) is 0 Å². The van der Waals surface area contributed by atoms with E-state index in [2.05, 4.69) is 42.4 Å². The number of aromatic nitrogens is 5. The predicted octanol–water partition coefficient (Wildman–Crippen LogP) is 3.04. The number of nitrogens with one attached hydrogen (secondary N) is 2. The Kier molecular flexibility index (Phi) is 3.96. The Bertz CT molecular complexity index is 982. The largest absolute Gasteiger partial charge is 0.481 e. The lowest BCUT2D eigenvalue weighted by atomic mass is 10.2. The van der Waals surface area contributed by atoms with Gasteiger partial charge in [0.25, 0.3) is 0 Å². The first kappa shape index (κ1) is 15.1. The molecular formula is C18H16N6O. The zero-order chi connectivity index (χ0) is 17.1. The summed E-state index contributed by atoms with van der Waals surface area (Å²) in [5.74, 6) is 1.97. The Hall–Kier alpha value is -3.48. The smallest absolute Gasteiger partial charge is 0.212 e. The first-order valence-corrected chi connectivity index (χ1v) is 7.82. The Morgan fingerprint density at radius 3 is 2.68 bits per heavy atom. The highest BCUT2D eigenvalue weighted by Crippen LogP contribution is 2.23. The zero-order valence-electron chi connectivity index (χ0n) is 13.6. The SMILES string of the molecule is COc1ccc(-c2nc3ncnc(NCc4ccccc4)c3[nH]2)cn1. The van der Waals surface area contributed by atoms with E-state index < -0.39 is 0 Å². The zero-order valence-corrected chi connectivity index (χ0v) is 13.6. The van der Waals surface area contributed by atoms with Crippen LogP contribution in [0.3, 0.4) is 0 Å². The second kappa shape index (κ2) is 6.56. The number of hydrogen-bond donors (Lipinski definition) is 2. The lowest BCUT2D eigenvalue weighted by Gasteiger charge is -2.05. The van der Waals surface area contributed by atoms with Crippen molar-refractivity contribution in [3.8, 4) is 17.3 Å². The van der Waals surface area contributed by atoms with Gasteiger partial charge in [-0.15, -0.1) is 0 Å². The van der Waals surface area contributed by atoms with E-state index in [0.29, 0.717) is 29.7 Å². The van der Waals surface area contributed by atoms with Crippen molar-refractivity contribution >= 4 is 17.0 Å². The van der Waals surface area contributed by atoms with Crippen molar-refractivity contribution in [1.82, 2.24) is 24.9 Å². The van der Waals surface area contributed by atoms with Crippen LogP contribution < -0.4 is 10.1 Å². The fraction of sp³-hybridized carbons (Fsp3) is 0.111. The number of pyridine rings is 1. The van der Waals surface area contributed by atoms with Crippen molar-refractivity contribution in [3.63, 3.8) is 0 Å². The molecule has 0 amide bonds. The molecule has 124 valence electrons. The van der Waals surface area contributed by atoms with Crippen molar-refractivity contribution in [2.24, 2.45) is 0 Å². The van der Waals surface area contributed by atoms with Crippen LogP contribution in [0.15, 0.2) is 55.0 Å². The number of anilines is 1. The van der Waals surface area contributed by atoms with Crippen molar-refractivity contribution in [3.05, 3.63) is 60.6 Å². The van der Waals surface area contributed by atoms with E-state index >= 15 is 0 Å². The van der Waals surface area contributed by atoms with E-state index in [-0.39, 0.29) is 0 Å². The highest BCUT2D eigenvalue weighted by atomic mass is 16.5. The topological polar surface area (TPSA) is 88.6 Å². The number of nitrogens with zero attached hydrogens (tertiary/aromatic N) is 4. The van der Waals surface area contributed by atoms with Gasteiger partial charge in [0.05, 0.1) is 7.11 Å². The van der Waals surface area contributed by atoms with Crippen LogP contribution in [0.1, 0.15) is 5.56 Å². The third-order valence-corrected chi connectivity index (χ3v) is 3.81. The maximum absolute atomic E-state index is 5.08. The van der Waals surface area contributed by atoms with Gasteiger partial charge in [-0.3, -0.25) is 0 Å². The number of aromatic amines is 1. The lowest BCUT2D eigenvalue weighted by molar-refractivity contribution is 0.398. The van der Waals surface area contributed by atoms with Crippen molar-refractivity contribution < 1.29 is 4.74 Å². The van der Waals surface area contributed by atoms with Gasteiger partial charge in [-0.05, 0) is 11.6 Å².